The highest BCUT2D eigenvalue weighted by Crippen LogP contribution is 2.33. The second-order valence-corrected chi connectivity index (χ2v) is 4.94. The van der Waals surface area contributed by atoms with Crippen molar-refractivity contribution in [1.82, 2.24) is 10.1 Å². The summed E-state index contributed by atoms with van der Waals surface area (Å²) in [5.41, 5.74) is -1.60. The van der Waals surface area contributed by atoms with E-state index < -0.39 is 23.2 Å². The number of halogens is 4. The topological polar surface area (TPSA) is 68.0 Å². The van der Waals surface area contributed by atoms with Crippen molar-refractivity contribution in [3.05, 3.63) is 38.9 Å². The number of alkyl halides is 3. The third kappa shape index (κ3) is 2.92. The number of rotatable bonds is 2. The van der Waals surface area contributed by atoms with Crippen molar-refractivity contribution in [3.8, 4) is 0 Å². The molecule has 2 heterocycles. The molecular formula is C11H7F3IN3O2. The van der Waals surface area contributed by atoms with Gasteiger partial charge < -0.3 is 4.52 Å². The highest BCUT2D eigenvalue weighted by Gasteiger charge is 2.36. The van der Waals surface area contributed by atoms with Crippen molar-refractivity contribution in [2.75, 3.05) is 5.32 Å². The van der Waals surface area contributed by atoms with Crippen LogP contribution in [0.1, 0.15) is 21.6 Å². The standard InChI is InChI=1S/C11H7F3IN3O2/c1-5-8(6(2-3-16-5)11(12,13)14)9(19)18-10-7(15)4-17-20-10/h2-4H,1H3,(H,18,19). The van der Waals surface area contributed by atoms with E-state index in [0.29, 0.717) is 3.57 Å². The van der Waals surface area contributed by atoms with Gasteiger partial charge in [-0.25, -0.2) is 0 Å². The van der Waals surface area contributed by atoms with Crippen molar-refractivity contribution in [2.45, 2.75) is 13.1 Å². The van der Waals surface area contributed by atoms with Crippen LogP contribution in [0.25, 0.3) is 0 Å². The molecule has 0 saturated carbocycles. The molecule has 1 N–H and O–H groups in total. The monoisotopic (exact) mass is 397 g/mol. The van der Waals surface area contributed by atoms with Crippen LogP contribution >= 0.6 is 22.6 Å². The summed E-state index contributed by atoms with van der Waals surface area (Å²) in [4.78, 5) is 15.7. The maximum absolute atomic E-state index is 12.9. The van der Waals surface area contributed by atoms with Gasteiger partial charge in [0.05, 0.1) is 26.6 Å². The van der Waals surface area contributed by atoms with Crippen LogP contribution in [-0.2, 0) is 6.18 Å². The number of pyridine rings is 1. The van der Waals surface area contributed by atoms with E-state index in [1.807, 2.05) is 22.6 Å². The molecule has 0 radical (unpaired) electrons. The Balaban J connectivity index is 2.42. The van der Waals surface area contributed by atoms with Crippen LogP contribution in [0, 0.1) is 10.5 Å². The largest absolute Gasteiger partial charge is 0.417 e. The number of carbonyl (C=O) groups excluding carboxylic acids is 1. The van der Waals surface area contributed by atoms with Crippen molar-refractivity contribution in [3.63, 3.8) is 0 Å². The van der Waals surface area contributed by atoms with Crippen LogP contribution in [-0.4, -0.2) is 16.0 Å². The van der Waals surface area contributed by atoms with E-state index in [9.17, 15) is 18.0 Å². The molecule has 2 rings (SSSR count). The van der Waals surface area contributed by atoms with Crippen molar-refractivity contribution < 1.29 is 22.5 Å². The molecule has 0 unspecified atom stereocenters. The Labute approximate surface area is 124 Å². The summed E-state index contributed by atoms with van der Waals surface area (Å²) in [6.07, 6.45) is -2.31. The molecule has 0 aliphatic rings. The quantitative estimate of drug-likeness (QED) is 0.791. The Bertz CT molecular complexity index is 655. The van der Waals surface area contributed by atoms with Crippen LogP contribution in [0.3, 0.4) is 0 Å². The number of aromatic nitrogens is 2. The van der Waals surface area contributed by atoms with E-state index >= 15 is 0 Å². The smallest absolute Gasteiger partial charge is 0.337 e. The molecule has 0 aliphatic heterocycles. The molecule has 0 spiro atoms. The maximum atomic E-state index is 12.9. The van der Waals surface area contributed by atoms with E-state index in [-0.39, 0.29) is 11.6 Å². The lowest BCUT2D eigenvalue weighted by molar-refractivity contribution is -0.138. The van der Waals surface area contributed by atoms with Gasteiger partial charge in [0.2, 0.25) is 5.88 Å². The van der Waals surface area contributed by atoms with Crippen LogP contribution in [0.4, 0.5) is 19.1 Å². The molecule has 0 fully saturated rings. The molecule has 2 aromatic rings. The third-order valence-electron chi connectivity index (χ3n) is 2.43. The summed E-state index contributed by atoms with van der Waals surface area (Å²) in [5.74, 6) is -0.954. The Hall–Kier alpha value is -1.65. The van der Waals surface area contributed by atoms with Crippen LogP contribution in [0.5, 0.6) is 0 Å². The molecule has 20 heavy (non-hydrogen) atoms. The Morgan fingerprint density at radius 1 is 1.45 bits per heavy atom. The zero-order valence-corrected chi connectivity index (χ0v) is 12.1. The number of carbonyl (C=O) groups is 1. The lowest BCUT2D eigenvalue weighted by Crippen LogP contribution is -2.21. The van der Waals surface area contributed by atoms with Gasteiger partial charge in [0.15, 0.2) is 0 Å². The molecule has 0 aliphatic carbocycles. The summed E-state index contributed by atoms with van der Waals surface area (Å²) >= 11 is 1.83. The lowest BCUT2D eigenvalue weighted by Gasteiger charge is -2.13. The molecule has 0 atom stereocenters. The predicted octanol–water partition coefficient (Wildman–Crippen LogP) is 3.25. The van der Waals surface area contributed by atoms with Gasteiger partial charge in [0, 0.05) is 6.20 Å². The average Bonchev–Trinajstić information content (AvgIpc) is 2.73. The van der Waals surface area contributed by atoms with Gasteiger partial charge in [-0.05, 0) is 35.6 Å². The Kier molecular flexibility index (Phi) is 3.97. The van der Waals surface area contributed by atoms with Gasteiger partial charge in [-0.15, -0.1) is 0 Å². The van der Waals surface area contributed by atoms with Gasteiger partial charge in [0.1, 0.15) is 0 Å². The molecular weight excluding hydrogens is 390 g/mol. The van der Waals surface area contributed by atoms with Crippen molar-refractivity contribution in [1.29, 1.82) is 0 Å². The van der Waals surface area contributed by atoms with E-state index in [2.05, 4.69) is 15.5 Å². The van der Waals surface area contributed by atoms with Gasteiger partial charge in [0.25, 0.3) is 5.91 Å². The molecule has 1 amide bonds. The number of amides is 1. The van der Waals surface area contributed by atoms with Crippen molar-refractivity contribution >= 4 is 34.4 Å². The predicted molar refractivity (Wildman–Crippen MR) is 71.1 cm³/mol. The average molecular weight is 397 g/mol. The number of anilines is 1. The van der Waals surface area contributed by atoms with E-state index in [0.717, 1.165) is 12.3 Å². The zero-order chi connectivity index (χ0) is 14.9. The van der Waals surface area contributed by atoms with E-state index in [4.69, 9.17) is 4.52 Å². The first-order valence-corrected chi connectivity index (χ1v) is 6.33. The van der Waals surface area contributed by atoms with Crippen molar-refractivity contribution in [2.24, 2.45) is 0 Å². The Morgan fingerprint density at radius 2 is 2.15 bits per heavy atom. The second-order valence-electron chi connectivity index (χ2n) is 3.77. The lowest BCUT2D eigenvalue weighted by atomic mass is 10.1. The molecule has 0 saturated heterocycles. The fourth-order valence-corrected chi connectivity index (χ4v) is 1.91. The molecule has 2 aromatic heterocycles. The van der Waals surface area contributed by atoms with Crippen LogP contribution in [0.2, 0.25) is 0 Å². The van der Waals surface area contributed by atoms with Gasteiger partial charge >= 0.3 is 6.18 Å². The maximum Gasteiger partial charge on any atom is 0.417 e. The van der Waals surface area contributed by atoms with E-state index in [1.54, 1.807) is 0 Å². The minimum atomic E-state index is -4.64. The van der Waals surface area contributed by atoms with Crippen LogP contribution in [0.15, 0.2) is 23.0 Å². The molecule has 106 valence electrons. The highest BCUT2D eigenvalue weighted by atomic mass is 127. The number of nitrogens with one attached hydrogen (secondary N) is 1. The summed E-state index contributed by atoms with van der Waals surface area (Å²) in [7, 11) is 0. The number of nitrogens with zero attached hydrogens (tertiary/aromatic N) is 2. The molecule has 5 nitrogen and oxygen atoms in total. The summed E-state index contributed by atoms with van der Waals surface area (Å²) in [6.45, 7) is 1.33. The van der Waals surface area contributed by atoms with Gasteiger partial charge in [-0.3, -0.25) is 15.1 Å². The Morgan fingerprint density at radius 3 is 2.70 bits per heavy atom. The normalized spacial score (nSPS) is 11.4. The number of hydrogen-bond acceptors (Lipinski definition) is 4. The summed E-state index contributed by atoms with van der Waals surface area (Å²) in [5, 5.41) is 5.67. The van der Waals surface area contributed by atoms with Gasteiger partial charge in [-0.1, -0.05) is 5.16 Å². The summed E-state index contributed by atoms with van der Waals surface area (Å²) in [6, 6.07) is 0.757. The minimum absolute atomic E-state index is 0.00743. The molecule has 9 heteroatoms. The highest BCUT2D eigenvalue weighted by molar-refractivity contribution is 14.1. The van der Waals surface area contributed by atoms with Gasteiger partial charge in [-0.2, -0.15) is 13.2 Å². The number of aryl methyl sites for hydroxylation is 1. The molecule has 0 aromatic carbocycles. The number of hydrogen-bond donors (Lipinski definition) is 1. The second kappa shape index (κ2) is 5.38. The fourth-order valence-electron chi connectivity index (χ4n) is 1.56. The first-order chi connectivity index (χ1) is 9.30. The molecule has 0 bridgehead atoms. The zero-order valence-electron chi connectivity index (χ0n) is 9.95. The first-order valence-electron chi connectivity index (χ1n) is 5.25. The fraction of sp³-hybridized carbons (Fsp3) is 0.182. The van der Waals surface area contributed by atoms with Crippen LogP contribution < -0.4 is 5.32 Å². The first kappa shape index (κ1) is 14.8. The summed E-state index contributed by atoms with van der Waals surface area (Å²) < 4.78 is 43.9. The SMILES string of the molecule is Cc1nccc(C(F)(F)F)c1C(=O)Nc1oncc1I. The van der Waals surface area contributed by atoms with E-state index in [1.165, 1.54) is 13.1 Å². The minimum Gasteiger partial charge on any atom is -0.337 e. The third-order valence-corrected chi connectivity index (χ3v) is 3.20.